The SMILES string of the molecule is CCCCC(=O)N[C@@H](c1cnn2cc([C@@H](NC(=O)c3nonc3C)C3CCC(F)(F)CC3)nc2c1)C1CC1. The van der Waals surface area contributed by atoms with Crippen LogP contribution >= 0.6 is 0 Å². The molecular formula is C26H33F2N7O3. The van der Waals surface area contributed by atoms with E-state index in [1.165, 1.54) is 0 Å². The lowest BCUT2D eigenvalue weighted by Gasteiger charge is -2.33. The van der Waals surface area contributed by atoms with Crippen molar-refractivity contribution >= 4 is 17.5 Å². The number of nitrogens with one attached hydrogen (secondary N) is 2. The Labute approximate surface area is 218 Å². The second-order valence-electron chi connectivity index (χ2n) is 10.6. The van der Waals surface area contributed by atoms with Gasteiger partial charge in [0.15, 0.2) is 11.3 Å². The quantitative estimate of drug-likeness (QED) is 0.397. The van der Waals surface area contributed by atoms with E-state index in [0.717, 1.165) is 31.2 Å². The number of aromatic nitrogens is 5. The number of nitrogens with zero attached hydrogens (tertiary/aromatic N) is 5. The van der Waals surface area contributed by atoms with E-state index >= 15 is 0 Å². The van der Waals surface area contributed by atoms with Gasteiger partial charge in [0.1, 0.15) is 5.69 Å². The Balaban J connectivity index is 1.41. The summed E-state index contributed by atoms with van der Waals surface area (Å²) in [5.41, 5.74) is 2.35. The van der Waals surface area contributed by atoms with E-state index < -0.39 is 17.9 Å². The minimum absolute atomic E-state index is 0.0298. The van der Waals surface area contributed by atoms with Crippen LogP contribution in [0.4, 0.5) is 8.78 Å². The Bertz CT molecular complexity index is 1290. The summed E-state index contributed by atoms with van der Waals surface area (Å²) in [6, 6.07) is 1.16. The molecule has 0 unspecified atom stereocenters. The summed E-state index contributed by atoms with van der Waals surface area (Å²) in [5, 5.41) is 18.0. The maximum atomic E-state index is 13.9. The van der Waals surface area contributed by atoms with E-state index in [1.54, 1.807) is 23.8 Å². The summed E-state index contributed by atoms with van der Waals surface area (Å²) in [4.78, 5) is 30.2. The molecule has 204 valence electrons. The standard InChI is InChI=1S/C26H33F2N7O3/c1-3-4-5-21(36)31-23(16-6-7-16)18-12-20-30-19(14-35(20)29-13-18)24(17-8-10-26(27,28)11-9-17)32-25(37)22-15(2)33-38-34-22/h12-14,16-17,23-24H,3-11H2,1-2H3,(H,31,36)(H,32,37)/t23-,24+/m1/s1. The van der Waals surface area contributed by atoms with Crippen LogP contribution in [-0.4, -0.2) is 42.6 Å². The number of carbonyl (C=O) groups excluding carboxylic acids is 2. The van der Waals surface area contributed by atoms with Gasteiger partial charge in [-0.1, -0.05) is 18.5 Å². The predicted octanol–water partition coefficient (Wildman–Crippen LogP) is 4.47. The average molecular weight is 530 g/mol. The molecule has 5 rings (SSSR count). The topological polar surface area (TPSA) is 127 Å². The summed E-state index contributed by atoms with van der Waals surface area (Å²) in [5.74, 6) is -3.04. The van der Waals surface area contributed by atoms with Crippen LogP contribution in [0.3, 0.4) is 0 Å². The molecule has 2 saturated carbocycles. The van der Waals surface area contributed by atoms with Gasteiger partial charge in [-0.15, -0.1) is 0 Å². The van der Waals surface area contributed by atoms with E-state index in [1.807, 2.05) is 6.07 Å². The Kier molecular flexibility index (Phi) is 7.40. The number of hydrogen-bond acceptors (Lipinski definition) is 7. The third kappa shape index (κ3) is 5.83. The lowest BCUT2D eigenvalue weighted by Crippen LogP contribution is -2.37. The molecule has 0 aromatic carbocycles. The number of imidazole rings is 1. The van der Waals surface area contributed by atoms with Gasteiger partial charge < -0.3 is 10.6 Å². The summed E-state index contributed by atoms with van der Waals surface area (Å²) in [6.45, 7) is 3.66. The summed E-state index contributed by atoms with van der Waals surface area (Å²) in [7, 11) is 0. The van der Waals surface area contributed by atoms with E-state index in [2.05, 4.69) is 37.6 Å². The highest BCUT2D eigenvalue weighted by Gasteiger charge is 2.40. The van der Waals surface area contributed by atoms with Crippen LogP contribution in [0.5, 0.6) is 0 Å². The number of alkyl halides is 2. The molecule has 2 fully saturated rings. The first kappa shape index (κ1) is 26.2. The largest absolute Gasteiger partial charge is 0.349 e. The van der Waals surface area contributed by atoms with Gasteiger partial charge in [0.05, 0.1) is 30.2 Å². The van der Waals surface area contributed by atoms with Gasteiger partial charge in [-0.25, -0.2) is 22.9 Å². The number of rotatable bonds is 10. The lowest BCUT2D eigenvalue weighted by atomic mass is 9.81. The normalized spacial score (nSPS) is 19.3. The van der Waals surface area contributed by atoms with Crippen LogP contribution in [0.1, 0.15) is 104 Å². The van der Waals surface area contributed by atoms with E-state index in [4.69, 9.17) is 4.98 Å². The first-order valence-electron chi connectivity index (χ1n) is 13.4. The molecule has 2 N–H and O–H groups in total. The van der Waals surface area contributed by atoms with Gasteiger partial charge >= 0.3 is 0 Å². The molecule has 38 heavy (non-hydrogen) atoms. The fraction of sp³-hybridized carbons (Fsp3) is 0.615. The maximum absolute atomic E-state index is 13.9. The Morgan fingerprint density at radius 1 is 1.13 bits per heavy atom. The zero-order valence-electron chi connectivity index (χ0n) is 21.6. The van der Waals surface area contributed by atoms with E-state index in [-0.39, 0.29) is 49.2 Å². The summed E-state index contributed by atoms with van der Waals surface area (Å²) in [6.07, 6.45) is 7.82. The number of halogens is 2. The molecule has 3 heterocycles. The lowest BCUT2D eigenvalue weighted by molar-refractivity contribution is -0.122. The van der Waals surface area contributed by atoms with E-state index in [9.17, 15) is 18.4 Å². The van der Waals surface area contributed by atoms with Crippen molar-refractivity contribution in [1.29, 1.82) is 0 Å². The predicted molar refractivity (Wildman–Crippen MR) is 132 cm³/mol. The van der Waals surface area contributed by atoms with Crippen LogP contribution in [0.15, 0.2) is 23.1 Å². The highest BCUT2D eigenvalue weighted by Crippen LogP contribution is 2.42. The summed E-state index contributed by atoms with van der Waals surface area (Å²) < 4.78 is 34.1. The molecule has 0 saturated heterocycles. The van der Waals surface area contributed by atoms with Crippen molar-refractivity contribution in [2.45, 2.75) is 89.6 Å². The second-order valence-corrected chi connectivity index (χ2v) is 10.6. The fourth-order valence-corrected chi connectivity index (χ4v) is 5.19. The third-order valence-corrected chi connectivity index (χ3v) is 7.59. The number of amides is 2. The summed E-state index contributed by atoms with van der Waals surface area (Å²) >= 11 is 0. The monoisotopic (exact) mass is 529 g/mol. The number of fused-ring (bicyclic) bond motifs is 1. The van der Waals surface area contributed by atoms with Crippen LogP contribution in [0, 0.1) is 18.8 Å². The van der Waals surface area contributed by atoms with Crippen molar-refractivity contribution in [3.05, 3.63) is 41.1 Å². The molecule has 12 heteroatoms. The molecule has 0 spiro atoms. The van der Waals surface area contributed by atoms with Crippen molar-refractivity contribution < 1.29 is 23.0 Å². The number of hydrogen-bond donors (Lipinski definition) is 2. The number of aryl methyl sites for hydroxylation is 1. The Morgan fingerprint density at radius 2 is 1.87 bits per heavy atom. The Hall–Kier alpha value is -3.44. The van der Waals surface area contributed by atoms with Crippen LogP contribution in [-0.2, 0) is 4.79 Å². The molecule has 2 aliphatic carbocycles. The van der Waals surface area contributed by atoms with Crippen LogP contribution in [0.2, 0.25) is 0 Å². The van der Waals surface area contributed by atoms with E-state index in [0.29, 0.717) is 29.4 Å². The van der Waals surface area contributed by atoms with Gasteiger partial charge in [-0.2, -0.15) is 5.10 Å². The fourth-order valence-electron chi connectivity index (χ4n) is 5.19. The van der Waals surface area contributed by atoms with Crippen molar-refractivity contribution in [3.63, 3.8) is 0 Å². The molecule has 2 amide bonds. The Morgan fingerprint density at radius 3 is 2.53 bits per heavy atom. The first-order chi connectivity index (χ1) is 18.2. The zero-order chi connectivity index (χ0) is 26.9. The minimum atomic E-state index is -2.70. The highest BCUT2D eigenvalue weighted by molar-refractivity contribution is 5.93. The van der Waals surface area contributed by atoms with Gasteiger partial charge in [-0.3, -0.25) is 9.59 Å². The third-order valence-electron chi connectivity index (χ3n) is 7.59. The first-order valence-corrected chi connectivity index (χ1v) is 13.4. The molecule has 3 aromatic rings. The van der Waals surface area contributed by atoms with Crippen molar-refractivity contribution in [3.8, 4) is 0 Å². The molecule has 10 nitrogen and oxygen atoms in total. The van der Waals surface area contributed by atoms with Crippen molar-refractivity contribution in [1.82, 2.24) is 35.5 Å². The van der Waals surface area contributed by atoms with Crippen molar-refractivity contribution in [2.24, 2.45) is 11.8 Å². The van der Waals surface area contributed by atoms with Gasteiger partial charge in [0.2, 0.25) is 11.8 Å². The van der Waals surface area contributed by atoms with Gasteiger partial charge in [0.25, 0.3) is 5.91 Å². The zero-order valence-corrected chi connectivity index (χ0v) is 21.6. The van der Waals surface area contributed by atoms with Gasteiger partial charge in [-0.05, 0) is 67.7 Å². The maximum Gasteiger partial charge on any atom is 0.276 e. The highest BCUT2D eigenvalue weighted by atomic mass is 19.3. The van der Waals surface area contributed by atoms with Gasteiger partial charge in [0, 0.05) is 19.3 Å². The number of carbonyl (C=O) groups is 2. The van der Waals surface area contributed by atoms with Crippen LogP contribution < -0.4 is 10.6 Å². The molecular weight excluding hydrogens is 496 g/mol. The molecule has 0 radical (unpaired) electrons. The van der Waals surface area contributed by atoms with Crippen LogP contribution in [0.25, 0.3) is 5.65 Å². The number of unbranched alkanes of at least 4 members (excludes halogenated alkanes) is 1. The molecule has 2 atom stereocenters. The van der Waals surface area contributed by atoms with Crippen molar-refractivity contribution in [2.75, 3.05) is 0 Å². The minimum Gasteiger partial charge on any atom is -0.349 e. The molecule has 2 aliphatic rings. The second kappa shape index (κ2) is 10.7. The smallest absolute Gasteiger partial charge is 0.276 e. The molecule has 3 aromatic heterocycles. The average Bonchev–Trinajstić information content (AvgIpc) is 3.50. The molecule has 0 bridgehead atoms. The molecule has 0 aliphatic heterocycles.